The van der Waals surface area contributed by atoms with Gasteiger partial charge < -0.3 is 0 Å². The third-order valence-electron chi connectivity index (χ3n) is 1.04. The van der Waals surface area contributed by atoms with E-state index in [2.05, 4.69) is 6.58 Å². The van der Waals surface area contributed by atoms with E-state index in [1.54, 1.807) is 0 Å². The van der Waals surface area contributed by atoms with Crippen molar-refractivity contribution >= 4 is 0 Å². The van der Waals surface area contributed by atoms with E-state index < -0.39 is 0 Å². The monoisotopic (exact) mass is 107 g/mol. The van der Waals surface area contributed by atoms with Crippen LogP contribution in [-0.2, 0) is 0 Å². The Kier molecular flexibility index (Phi) is 2.64. The van der Waals surface area contributed by atoms with Crippen LogP contribution in [0.1, 0.15) is 13.8 Å². The molecule has 0 aromatic heterocycles. The normalized spacial score (nSPS) is 10.4. The fourth-order valence-corrected chi connectivity index (χ4v) is 0.262. The third-order valence-corrected chi connectivity index (χ3v) is 1.04. The van der Waals surface area contributed by atoms with Gasteiger partial charge in [0.25, 0.3) is 0 Å². The molecule has 0 spiro atoms. The fourth-order valence-electron chi connectivity index (χ4n) is 0.262. The number of nitrogens with zero attached hydrogens (tertiary/aromatic N) is 1. The molecule has 1 heteroatoms. The first-order valence-electron chi connectivity index (χ1n) is 2.44. The molecular formula is C7H9N. The van der Waals surface area contributed by atoms with Crippen LogP contribution >= 0.6 is 0 Å². The molecule has 0 aliphatic carbocycles. The largest absolute Gasteiger partial charge is 0.192 e. The molecule has 42 valence electrons. The maximum atomic E-state index is 8.25. The zero-order valence-electron chi connectivity index (χ0n) is 5.23. The van der Waals surface area contributed by atoms with Crippen LogP contribution in [0, 0.1) is 11.3 Å². The van der Waals surface area contributed by atoms with E-state index >= 15 is 0 Å². The predicted octanol–water partition coefficient (Wildman–Crippen LogP) is 2.03. The zero-order valence-corrected chi connectivity index (χ0v) is 5.23. The van der Waals surface area contributed by atoms with Crippen LogP contribution in [0.2, 0.25) is 0 Å². The molecule has 0 aromatic rings. The van der Waals surface area contributed by atoms with Crippen molar-refractivity contribution in [2.45, 2.75) is 13.8 Å². The highest BCUT2D eigenvalue weighted by molar-refractivity contribution is 5.37. The summed E-state index contributed by atoms with van der Waals surface area (Å²) in [7, 11) is 0. The summed E-state index contributed by atoms with van der Waals surface area (Å²) in [5, 5.41) is 8.25. The zero-order chi connectivity index (χ0) is 6.57. The first-order chi connectivity index (χ1) is 3.72. The Bertz CT molecular complexity index is 158. The van der Waals surface area contributed by atoms with E-state index in [9.17, 15) is 0 Å². The number of nitriles is 1. The summed E-state index contributed by atoms with van der Waals surface area (Å²) in [5.74, 6) is 0. The minimum atomic E-state index is 0.549. The highest BCUT2D eigenvalue weighted by atomic mass is 14.2. The van der Waals surface area contributed by atoms with E-state index in [0.29, 0.717) is 5.57 Å². The molecule has 0 aliphatic rings. The summed E-state index contributed by atoms with van der Waals surface area (Å²) in [4.78, 5) is 0. The van der Waals surface area contributed by atoms with Gasteiger partial charge in [-0.05, 0) is 19.4 Å². The minimum absolute atomic E-state index is 0.549. The van der Waals surface area contributed by atoms with Gasteiger partial charge in [0.15, 0.2) is 0 Å². The van der Waals surface area contributed by atoms with E-state index in [1.165, 1.54) is 0 Å². The Labute approximate surface area is 49.9 Å². The number of hydrogen-bond acceptors (Lipinski definition) is 1. The second-order valence-corrected chi connectivity index (χ2v) is 1.56. The van der Waals surface area contributed by atoms with Crippen LogP contribution in [-0.4, -0.2) is 0 Å². The van der Waals surface area contributed by atoms with Gasteiger partial charge in [-0.15, -0.1) is 0 Å². The quantitative estimate of drug-likeness (QED) is 0.371. The van der Waals surface area contributed by atoms with E-state index in [4.69, 9.17) is 5.26 Å². The van der Waals surface area contributed by atoms with Crippen LogP contribution < -0.4 is 0 Å². The molecule has 0 saturated carbocycles. The molecule has 0 amide bonds. The van der Waals surface area contributed by atoms with Crippen molar-refractivity contribution in [1.82, 2.24) is 0 Å². The average molecular weight is 107 g/mol. The van der Waals surface area contributed by atoms with Gasteiger partial charge in [-0.1, -0.05) is 12.7 Å². The Morgan fingerprint density at radius 1 is 1.75 bits per heavy atom. The smallest absolute Gasteiger partial charge is 0.0988 e. The van der Waals surface area contributed by atoms with Crippen molar-refractivity contribution < 1.29 is 0 Å². The molecule has 0 heterocycles. The maximum absolute atomic E-state index is 8.25. The molecule has 0 atom stereocenters. The molecular weight excluding hydrogens is 98.1 g/mol. The number of hydrogen-bond donors (Lipinski definition) is 0. The van der Waals surface area contributed by atoms with Gasteiger partial charge in [0.1, 0.15) is 0 Å². The molecule has 0 N–H and O–H groups in total. The second kappa shape index (κ2) is 3.04. The molecule has 0 aliphatic heterocycles. The number of rotatable bonds is 1. The van der Waals surface area contributed by atoms with Gasteiger partial charge in [0, 0.05) is 5.57 Å². The maximum Gasteiger partial charge on any atom is 0.0988 e. The van der Waals surface area contributed by atoms with Gasteiger partial charge >= 0.3 is 0 Å². The van der Waals surface area contributed by atoms with Crippen molar-refractivity contribution in [2.75, 3.05) is 0 Å². The first-order valence-corrected chi connectivity index (χ1v) is 2.44. The van der Waals surface area contributed by atoms with Gasteiger partial charge in [0.2, 0.25) is 0 Å². The summed E-state index contributed by atoms with van der Waals surface area (Å²) >= 11 is 0. The van der Waals surface area contributed by atoms with Crippen LogP contribution in [0.4, 0.5) is 0 Å². The lowest BCUT2D eigenvalue weighted by molar-refractivity contribution is 1.39. The molecule has 0 fully saturated rings. The Hall–Kier alpha value is -1.03. The summed E-state index contributed by atoms with van der Waals surface area (Å²) in [6.07, 6.45) is 1.87. The van der Waals surface area contributed by atoms with Gasteiger partial charge in [-0.2, -0.15) is 5.26 Å². The highest BCUT2D eigenvalue weighted by Gasteiger charge is 1.88. The lowest BCUT2D eigenvalue weighted by atomic mass is 10.1. The SMILES string of the molecule is C=C(C#N)/C(C)=C\C. The van der Waals surface area contributed by atoms with Crippen molar-refractivity contribution in [3.8, 4) is 6.07 Å². The fraction of sp³-hybridized carbons (Fsp3) is 0.286. The lowest BCUT2D eigenvalue weighted by Gasteiger charge is -1.89. The van der Waals surface area contributed by atoms with Crippen molar-refractivity contribution in [2.24, 2.45) is 0 Å². The topological polar surface area (TPSA) is 23.8 Å². The predicted molar refractivity (Wildman–Crippen MR) is 34.2 cm³/mol. The Balaban J connectivity index is 4.10. The average Bonchev–Trinajstić information content (AvgIpc) is 1.84. The molecule has 0 unspecified atom stereocenters. The lowest BCUT2D eigenvalue weighted by Crippen LogP contribution is -1.74. The van der Waals surface area contributed by atoms with Crippen molar-refractivity contribution in [3.63, 3.8) is 0 Å². The summed E-state index contributed by atoms with van der Waals surface area (Å²) in [5.41, 5.74) is 1.50. The van der Waals surface area contributed by atoms with Crippen molar-refractivity contribution in [3.05, 3.63) is 23.8 Å². The van der Waals surface area contributed by atoms with Crippen LogP contribution in [0.25, 0.3) is 0 Å². The van der Waals surface area contributed by atoms with Crippen LogP contribution in [0.15, 0.2) is 23.8 Å². The summed E-state index contributed by atoms with van der Waals surface area (Å²) < 4.78 is 0. The molecule has 8 heavy (non-hydrogen) atoms. The minimum Gasteiger partial charge on any atom is -0.192 e. The molecule has 0 radical (unpaired) electrons. The summed E-state index contributed by atoms with van der Waals surface area (Å²) in [6.45, 7) is 7.27. The highest BCUT2D eigenvalue weighted by Crippen LogP contribution is 2.02. The molecule has 0 aromatic carbocycles. The number of allylic oxidation sites excluding steroid dienone is 3. The first kappa shape index (κ1) is 6.97. The Morgan fingerprint density at radius 2 is 2.25 bits per heavy atom. The third kappa shape index (κ3) is 1.61. The van der Waals surface area contributed by atoms with Crippen LogP contribution in [0.5, 0.6) is 0 Å². The van der Waals surface area contributed by atoms with Crippen molar-refractivity contribution in [1.29, 1.82) is 5.26 Å². The van der Waals surface area contributed by atoms with Gasteiger partial charge in [-0.3, -0.25) is 0 Å². The van der Waals surface area contributed by atoms with E-state index in [-0.39, 0.29) is 0 Å². The van der Waals surface area contributed by atoms with E-state index in [1.807, 2.05) is 26.0 Å². The van der Waals surface area contributed by atoms with Crippen LogP contribution in [0.3, 0.4) is 0 Å². The molecule has 0 saturated heterocycles. The second-order valence-electron chi connectivity index (χ2n) is 1.56. The molecule has 0 rings (SSSR count). The molecule has 0 bridgehead atoms. The standard InChI is InChI=1S/C7H9N/c1-4-6(2)7(3)5-8/h4H,3H2,1-2H3/b6-4-. The van der Waals surface area contributed by atoms with Gasteiger partial charge in [-0.25, -0.2) is 0 Å². The van der Waals surface area contributed by atoms with Gasteiger partial charge in [0.05, 0.1) is 6.07 Å². The van der Waals surface area contributed by atoms with E-state index in [0.717, 1.165) is 5.57 Å². The Morgan fingerprint density at radius 3 is 2.38 bits per heavy atom. The summed E-state index contributed by atoms with van der Waals surface area (Å²) in [6, 6.07) is 1.95. The molecule has 1 nitrogen and oxygen atoms in total.